The van der Waals surface area contributed by atoms with Gasteiger partial charge in [0, 0.05) is 30.3 Å². The van der Waals surface area contributed by atoms with Gasteiger partial charge in [0.15, 0.2) is 0 Å². The van der Waals surface area contributed by atoms with E-state index in [0.717, 1.165) is 18.4 Å². The Morgan fingerprint density at radius 3 is 2.86 bits per heavy atom. The summed E-state index contributed by atoms with van der Waals surface area (Å²) in [6.45, 7) is 0.972. The minimum atomic E-state index is -4.45. The standard InChI is InChI=1S/C15H15ClF3NO/c16-13-3-1-2-11(9-13)8-12-5-7-20(10-12)14(21)4-6-15(17,18)19/h1-4,6,9,12H,5,7-8,10H2/b6-4+. The molecule has 1 saturated heterocycles. The molecule has 1 heterocycles. The second-order valence-electron chi connectivity index (χ2n) is 5.15. The zero-order valence-electron chi connectivity index (χ0n) is 11.2. The van der Waals surface area contributed by atoms with Gasteiger partial charge in [-0.25, -0.2) is 0 Å². The Morgan fingerprint density at radius 2 is 2.19 bits per heavy atom. The van der Waals surface area contributed by atoms with E-state index in [9.17, 15) is 18.0 Å². The van der Waals surface area contributed by atoms with Crippen LogP contribution in [0.15, 0.2) is 36.4 Å². The maximum Gasteiger partial charge on any atom is 0.409 e. The first-order chi connectivity index (χ1) is 9.83. The lowest BCUT2D eigenvalue weighted by Crippen LogP contribution is -2.27. The van der Waals surface area contributed by atoms with Crippen molar-refractivity contribution in [2.24, 2.45) is 5.92 Å². The molecule has 1 amide bonds. The highest BCUT2D eigenvalue weighted by atomic mass is 35.5. The molecule has 0 spiro atoms. The van der Waals surface area contributed by atoms with E-state index in [1.807, 2.05) is 18.2 Å². The molecule has 0 aromatic heterocycles. The third-order valence-corrected chi connectivity index (χ3v) is 3.66. The van der Waals surface area contributed by atoms with Crippen LogP contribution in [0.2, 0.25) is 5.02 Å². The number of nitrogens with zero attached hydrogens (tertiary/aromatic N) is 1. The summed E-state index contributed by atoms with van der Waals surface area (Å²) >= 11 is 5.91. The van der Waals surface area contributed by atoms with Crippen LogP contribution in [0.3, 0.4) is 0 Å². The maximum absolute atomic E-state index is 12.0. The molecule has 0 bridgehead atoms. The average Bonchev–Trinajstić information content (AvgIpc) is 2.83. The molecule has 1 aromatic carbocycles. The van der Waals surface area contributed by atoms with Crippen LogP contribution in [-0.4, -0.2) is 30.1 Å². The minimum absolute atomic E-state index is 0.0143. The van der Waals surface area contributed by atoms with Crippen molar-refractivity contribution >= 4 is 17.5 Å². The van der Waals surface area contributed by atoms with Gasteiger partial charge < -0.3 is 4.90 Å². The number of alkyl halides is 3. The Balaban J connectivity index is 1.89. The van der Waals surface area contributed by atoms with E-state index >= 15 is 0 Å². The highest BCUT2D eigenvalue weighted by molar-refractivity contribution is 6.30. The predicted octanol–water partition coefficient (Wildman–Crippen LogP) is 3.85. The fourth-order valence-corrected chi connectivity index (χ4v) is 2.68. The van der Waals surface area contributed by atoms with Crippen LogP contribution in [0.1, 0.15) is 12.0 Å². The third kappa shape index (κ3) is 5.08. The van der Waals surface area contributed by atoms with Crippen molar-refractivity contribution in [2.75, 3.05) is 13.1 Å². The van der Waals surface area contributed by atoms with Crippen LogP contribution in [0.25, 0.3) is 0 Å². The summed E-state index contributed by atoms with van der Waals surface area (Å²) in [7, 11) is 0. The maximum atomic E-state index is 12.0. The molecule has 1 aromatic rings. The van der Waals surface area contributed by atoms with Gasteiger partial charge in [-0.2, -0.15) is 13.2 Å². The molecular formula is C15H15ClF3NO. The van der Waals surface area contributed by atoms with Gasteiger partial charge in [0.2, 0.25) is 5.91 Å². The molecule has 1 aliphatic heterocycles. The average molecular weight is 318 g/mol. The van der Waals surface area contributed by atoms with E-state index in [4.69, 9.17) is 11.6 Å². The van der Waals surface area contributed by atoms with Gasteiger partial charge in [-0.15, -0.1) is 0 Å². The first-order valence-corrected chi connectivity index (χ1v) is 7.00. The molecule has 2 nitrogen and oxygen atoms in total. The first kappa shape index (κ1) is 15.9. The number of rotatable bonds is 3. The Labute approximate surface area is 126 Å². The molecule has 2 rings (SSSR count). The quantitative estimate of drug-likeness (QED) is 0.775. The lowest BCUT2D eigenvalue weighted by Gasteiger charge is -2.14. The summed E-state index contributed by atoms with van der Waals surface area (Å²) in [5.74, 6) is -0.326. The molecule has 21 heavy (non-hydrogen) atoms. The van der Waals surface area contributed by atoms with E-state index < -0.39 is 12.1 Å². The number of hydrogen-bond acceptors (Lipinski definition) is 1. The number of halogens is 4. The Kier molecular flexibility index (Phi) is 4.93. The van der Waals surface area contributed by atoms with E-state index in [-0.39, 0.29) is 12.0 Å². The van der Waals surface area contributed by atoms with Crippen LogP contribution >= 0.6 is 11.6 Å². The fraction of sp³-hybridized carbons (Fsp3) is 0.400. The van der Waals surface area contributed by atoms with Crippen LogP contribution < -0.4 is 0 Å². The van der Waals surface area contributed by atoms with Crippen molar-refractivity contribution in [3.8, 4) is 0 Å². The number of allylic oxidation sites excluding steroid dienone is 1. The number of likely N-dealkylation sites (tertiary alicyclic amines) is 1. The normalized spacial score (nSPS) is 19.4. The van der Waals surface area contributed by atoms with E-state index in [1.165, 1.54) is 4.90 Å². The van der Waals surface area contributed by atoms with Crippen LogP contribution in [0, 0.1) is 5.92 Å². The molecule has 1 aliphatic rings. The van der Waals surface area contributed by atoms with Gasteiger partial charge in [-0.05, 0) is 36.5 Å². The second kappa shape index (κ2) is 6.52. The van der Waals surface area contributed by atoms with Crippen molar-refractivity contribution in [1.82, 2.24) is 4.90 Å². The monoisotopic (exact) mass is 317 g/mol. The number of carbonyl (C=O) groups excluding carboxylic acids is 1. The van der Waals surface area contributed by atoms with Crippen molar-refractivity contribution in [2.45, 2.75) is 19.0 Å². The highest BCUT2D eigenvalue weighted by Crippen LogP contribution is 2.23. The zero-order chi connectivity index (χ0) is 15.5. The van der Waals surface area contributed by atoms with Gasteiger partial charge in [-0.1, -0.05) is 23.7 Å². The predicted molar refractivity (Wildman–Crippen MR) is 75.0 cm³/mol. The van der Waals surface area contributed by atoms with E-state index in [0.29, 0.717) is 24.2 Å². The van der Waals surface area contributed by atoms with Crippen LogP contribution in [0.5, 0.6) is 0 Å². The smallest absolute Gasteiger partial charge is 0.339 e. The molecule has 0 aliphatic carbocycles. The summed E-state index contributed by atoms with van der Waals surface area (Å²) in [6, 6.07) is 7.48. The van der Waals surface area contributed by atoms with Gasteiger partial charge in [-0.3, -0.25) is 4.79 Å². The van der Waals surface area contributed by atoms with Gasteiger partial charge >= 0.3 is 6.18 Å². The van der Waals surface area contributed by atoms with E-state index in [1.54, 1.807) is 6.07 Å². The summed E-state index contributed by atoms with van der Waals surface area (Å²) < 4.78 is 36.1. The van der Waals surface area contributed by atoms with Gasteiger partial charge in [0.25, 0.3) is 0 Å². The van der Waals surface area contributed by atoms with Gasteiger partial charge in [0.05, 0.1) is 0 Å². The SMILES string of the molecule is O=C(/C=C/C(F)(F)F)N1CCC(Cc2cccc(Cl)c2)C1. The first-order valence-electron chi connectivity index (χ1n) is 6.63. The lowest BCUT2D eigenvalue weighted by atomic mass is 9.99. The number of hydrogen-bond donors (Lipinski definition) is 0. The summed E-state index contributed by atoms with van der Waals surface area (Å²) in [5, 5.41) is 0.659. The van der Waals surface area contributed by atoms with E-state index in [2.05, 4.69) is 0 Å². The lowest BCUT2D eigenvalue weighted by molar-refractivity contribution is -0.125. The Hall–Kier alpha value is -1.49. The van der Waals surface area contributed by atoms with Crippen molar-refractivity contribution < 1.29 is 18.0 Å². The van der Waals surface area contributed by atoms with Crippen molar-refractivity contribution in [3.05, 3.63) is 47.0 Å². The Bertz CT molecular complexity index is 542. The molecular weight excluding hydrogens is 303 g/mol. The van der Waals surface area contributed by atoms with Crippen molar-refractivity contribution in [3.63, 3.8) is 0 Å². The topological polar surface area (TPSA) is 20.3 Å². The summed E-state index contributed by atoms with van der Waals surface area (Å²) in [4.78, 5) is 13.1. The van der Waals surface area contributed by atoms with Crippen LogP contribution in [-0.2, 0) is 11.2 Å². The fourth-order valence-electron chi connectivity index (χ4n) is 2.47. The second-order valence-corrected chi connectivity index (χ2v) is 5.58. The van der Waals surface area contributed by atoms with Crippen LogP contribution in [0.4, 0.5) is 13.2 Å². The molecule has 0 saturated carbocycles. The molecule has 114 valence electrons. The third-order valence-electron chi connectivity index (χ3n) is 3.43. The molecule has 1 atom stereocenters. The number of benzene rings is 1. The zero-order valence-corrected chi connectivity index (χ0v) is 12.0. The molecule has 0 N–H and O–H groups in total. The van der Waals surface area contributed by atoms with Crippen molar-refractivity contribution in [1.29, 1.82) is 0 Å². The minimum Gasteiger partial charge on any atom is -0.339 e. The molecule has 0 radical (unpaired) electrons. The highest BCUT2D eigenvalue weighted by Gasteiger charge is 2.27. The largest absolute Gasteiger partial charge is 0.409 e. The van der Waals surface area contributed by atoms with Gasteiger partial charge in [0.1, 0.15) is 0 Å². The number of carbonyl (C=O) groups is 1. The molecule has 1 fully saturated rings. The summed E-state index contributed by atoms with van der Waals surface area (Å²) in [5.41, 5.74) is 1.08. The molecule has 6 heteroatoms. The molecule has 1 unspecified atom stereocenters. The number of amides is 1. The Morgan fingerprint density at radius 1 is 1.43 bits per heavy atom. The summed E-state index contributed by atoms with van der Waals surface area (Å²) in [6.07, 6.45) is -2.30.